The Kier molecular flexibility index (Phi) is 11.1. The highest BCUT2D eigenvalue weighted by Gasteiger charge is 2.34. The number of aliphatic hydroxyl groups is 1. The third-order valence-corrected chi connectivity index (χ3v) is 5.18. The topological polar surface area (TPSA) is 237 Å². The Bertz CT molecular complexity index is 859. The quantitative estimate of drug-likeness (QED) is 0.141. The van der Waals surface area contributed by atoms with Crippen molar-refractivity contribution >= 4 is 29.7 Å². The SMILES string of the molecule is CCC(C)C(NC(=O)C(CC(=O)O)NC(=O)C(N)Cc1cnc[nH]1)C(=O)NC(C(=O)O)C(C)O. The molecule has 0 aliphatic heterocycles. The summed E-state index contributed by atoms with van der Waals surface area (Å²) in [7, 11) is 0. The largest absolute Gasteiger partial charge is 0.481 e. The van der Waals surface area contributed by atoms with E-state index in [2.05, 4.69) is 25.9 Å². The van der Waals surface area contributed by atoms with Gasteiger partial charge >= 0.3 is 11.9 Å². The van der Waals surface area contributed by atoms with Crippen molar-refractivity contribution in [3.05, 3.63) is 18.2 Å². The summed E-state index contributed by atoms with van der Waals surface area (Å²) in [5, 5.41) is 34.8. The zero-order chi connectivity index (χ0) is 26.0. The molecule has 6 atom stereocenters. The Morgan fingerprint density at radius 1 is 1.03 bits per heavy atom. The molecule has 1 rings (SSSR count). The van der Waals surface area contributed by atoms with Crippen LogP contribution in [-0.4, -0.2) is 85.2 Å². The number of imidazole rings is 1. The summed E-state index contributed by atoms with van der Waals surface area (Å²) >= 11 is 0. The van der Waals surface area contributed by atoms with Crippen LogP contribution in [0.1, 0.15) is 39.3 Å². The summed E-state index contributed by atoms with van der Waals surface area (Å²) in [5.41, 5.74) is 6.39. The first-order chi connectivity index (χ1) is 15.9. The van der Waals surface area contributed by atoms with Gasteiger partial charge in [-0.25, -0.2) is 9.78 Å². The Morgan fingerprint density at radius 2 is 1.65 bits per heavy atom. The van der Waals surface area contributed by atoms with E-state index in [9.17, 15) is 39.3 Å². The van der Waals surface area contributed by atoms with E-state index < -0.39 is 72.3 Å². The standard InChI is InChI=1S/C20H32N6O8/c1-4-9(2)15(19(32)26-16(10(3)27)20(33)34)25-18(31)13(6-14(28)29)24-17(30)12(21)5-11-7-22-8-23-11/h7-10,12-13,15-16,27H,4-6,21H2,1-3H3,(H,22,23)(H,24,30)(H,25,31)(H,26,32)(H,28,29)(H,33,34). The molecule has 0 bridgehead atoms. The minimum atomic E-state index is -1.62. The van der Waals surface area contributed by atoms with Gasteiger partial charge in [-0.3, -0.25) is 19.2 Å². The van der Waals surface area contributed by atoms with Crippen LogP contribution in [0.25, 0.3) is 0 Å². The van der Waals surface area contributed by atoms with Crippen molar-refractivity contribution in [3.63, 3.8) is 0 Å². The molecule has 14 nitrogen and oxygen atoms in total. The van der Waals surface area contributed by atoms with E-state index >= 15 is 0 Å². The molecule has 3 amide bonds. The van der Waals surface area contributed by atoms with Gasteiger partial charge in [0.15, 0.2) is 6.04 Å². The molecule has 190 valence electrons. The second-order valence-corrected chi connectivity index (χ2v) is 7.98. The Hall–Kier alpha value is -3.52. The fourth-order valence-electron chi connectivity index (χ4n) is 2.98. The van der Waals surface area contributed by atoms with Crippen LogP contribution in [0.4, 0.5) is 0 Å². The molecule has 0 spiro atoms. The lowest BCUT2D eigenvalue weighted by atomic mass is 9.97. The first kappa shape index (κ1) is 28.5. The van der Waals surface area contributed by atoms with Gasteiger partial charge in [0, 0.05) is 18.3 Å². The molecule has 6 unspecified atom stereocenters. The molecular formula is C20H32N6O8. The number of carboxylic acid groups (broad SMARTS) is 2. The average Bonchev–Trinajstić information content (AvgIpc) is 3.26. The molecule has 0 radical (unpaired) electrons. The lowest BCUT2D eigenvalue weighted by molar-refractivity contribution is -0.146. The summed E-state index contributed by atoms with van der Waals surface area (Å²) in [5.74, 6) is -5.98. The molecule has 34 heavy (non-hydrogen) atoms. The predicted octanol–water partition coefficient (Wildman–Crippen LogP) is -2.28. The van der Waals surface area contributed by atoms with E-state index in [1.54, 1.807) is 13.8 Å². The van der Waals surface area contributed by atoms with Gasteiger partial charge in [-0.2, -0.15) is 0 Å². The fourth-order valence-corrected chi connectivity index (χ4v) is 2.98. The maximum absolute atomic E-state index is 12.9. The molecule has 1 aromatic heterocycles. The molecule has 9 N–H and O–H groups in total. The van der Waals surface area contributed by atoms with E-state index in [1.807, 2.05) is 0 Å². The smallest absolute Gasteiger partial charge is 0.328 e. The first-order valence-electron chi connectivity index (χ1n) is 10.6. The average molecular weight is 485 g/mol. The number of nitrogens with one attached hydrogen (secondary N) is 4. The van der Waals surface area contributed by atoms with Crippen LogP contribution in [0.2, 0.25) is 0 Å². The van der Waals surface area contributed by atoms with Gasteiger partial charge in [-0.15, -0.1) is 0 Å². The number of aliphatic carboxylic acids is 2. The summed E-state index contributed by atoms with van der Waals surface area (Å²) in [6, 6.07) is -5.54. The van der Waals surface area contributed by atoms with Crippen molar-refractivity contribution in [2.75, 3.05) is 0 Å². The number of aromatic nitrogens is 2. The maximum atomic E-state index is 12.9. The van der Waals surface area contributed by atoms with Crippen LogP contribution >= 0.6 is 0 Å². The Labute approximate surface area is 195 Å². The van der Waals surface area contributed by atoms with Gasteiger partial charge in [0.25, 0.3) is 0 Å². The number of aliphatic hydroxyl groups excluding tert-OH is 1. The number of nitrogens with zero attached hydrogens (tertiary/aromatic N) is 1. The van der Waals surface area contributed by atoms with E-state index in [0.29, 0.717) is 12.1 Å². The summed E-state index contributed by atoms with van der Waals surface area (Å²) in [4.78, 5) is 67.2. The zero-order valence-electron chi connectivity index (χ0n) is 19.1. The van der Waals surface area contributed by atoms with Crippen LogP contribution in [0.3, 0.4) is 0 Å². The Balaban J connectivity index is 2.98. The number of nitrogens with two attached hydrogens (primary N) is 1. The number of carboxylic acids is 2. The van der Waals surface area contributed by atoms with Gasteiger partial charge in [-0.05, 0) is 12.8 Å². The molecule has 1 heterocycles. The number of hydrogen-bond donors (Lipinski definition) is 8. The zero-order valence-corrected chi connectivity index (χ0v) is 19.1. The molecule has 1 aromatic rings. The second-order valence-electron chi connectivity index (χ2n) is 7.98. The van der Waals surface area contributed by atoms with E-state index in [0.717, 1.165) is 0 Å². The van der Waals surface area contributed by atoms with Crippen LogP contribution < -0.4 is 21.7 Å². The van der Waals surface area contributed by atoms with Gasteiger partial charge in [0.05, 0.1) is 24.9 Å². The number of rotatable bonds is 14. The van der Waals surface area contributed by atoms with E-state index in [1.165, 1.54) is 19.4 Å². The van der Waals surface area contributed by atoms with Crippen LogP contribution in [0, 0.1) is 5.92 Å². The monoisotopic (exact) mass is 484 g/mol. The third-order valence-electron chi connectivity index (χ3n) is 5.18. The number of H-pyrrole nitrogens is 1. The number of amides is 3. The number of hydrogen-bond acceptors (Lipinski definition) is 8. The van der Waals surface area contributed by atoms with Crippen molar-refractivity contribution in [3.8, 4) is 0 Å². The lowest BCUT2D eigenvalue weighted by Gasteiger charge is -2.28. The molecular weight excluding hydrogens is 452 g/mol. The normalized spacial score (nSPS) is 16.3. The van der Waals surface area contributed by atoms with Gasteiger partial charge in [0.1, 0.15) is 12.1 Å². The number of carbonyl (C=O) groups is 5. The second kappa shape index (κ2) is 13.3. The van der Waals surface area contributed by atoms with E-state index in [4.69, 9.17) is 5.73 Å². The van der Waals surface area contributed by atoms with Crippen molar-refractivity contribution in [1.29, 1.82) is 0 Å². The molecule has 0 aliphatic rings. The lowest BCUT2D eigenvalue weighted by Crippen LogP contribution is -2.60. The summed E-state index contributed by atoms with van der Waals surface area (Å²) < 4.78 is 0. The molecule has 0 aromatic carbocycles. The van der Waals surface area contributed by atoms with Crippen molar-refractivity contribution in [2.24, 2.45) is 11.7 Å². The van der Waals surface area contributed by atoms with Gasteiger partial charge in [-0.1, -0.05) is 20.3 Å². The van der Waals surface area contributed by atoms with Crippen molar-refractivity contribution in [1.82, 2.24) is 25.9 Å². The molecule has 0 saturated carbocycles. The predicted molar refractivity (Wildman–Crippen MR) is 117 cm³/mol. The minimum absolute atomic E-state index is 0.0566. The Morgan fingerprint density at radius 3 is 2.12 bits per heavy atom. The van der Waals surface area contributed by atoms with Crippen LogP contribution in [0.15, 0.2) is 12.5 Å². The highest BCUT2D eigenvalue weighted by molar-refractivity contribution is 5.95. The highest BCUT2D eigenvalue weighted by atomic mass is 16.4. The van der Waals surface area contributed by atoms with Gasteiger partial charge in [0.2, 0.25) is 17.7 Å². The first-order valence-corrected chi connectivity index (χ1v) is 10.6. The minimum Gasteiger partial charge on any atom is -0.481 e. The van der Waals surface area contributed by atoms with Crippen LogP contribution in [-0.2, 0) is 30.4 Å². The van der Waals surface area contributed by atoms with Crippen molar-refractivity contribution in [2.45, 2.75) is 70.3 Å². The molecule has 0 aliphatic carbocycles. The number of aromatic amines is 1. The fraction of sp³-hybridized carbons (Fsp3) is 0.600. The van der Waals surface area contributed by atoms with Gasteiger partial charge < -0.3 is 42.0 Å². The summed E-state index contributed by atoms with van der Waals surface area (Å²) in [6.45, 7) is 4.53. The molecule has 0 saturated heterocycles. The number of carbonyl (C=O) groups excluding carboxylic acids is 3. The highest BCUT2D eigenvalue weighted by Crippen LogP contribution is 2.10. The van der Waals surface area contributed by atoms with Crippen LogP contribution in [0.5, 0.6) is 0 Å². The summed E-state index contributed by atoms with van der Waals surface area (Å²) in [6.07, 6.45) is 1.12. The van der Waals surface area contributed by atoms with Crippen molar-refractivity contribution < 1.29 is 39.3 Å². The van der Waals surface area contributed by atoms with E-state index in [-0.39, 0.29) is 6.42 Å². The molecule has 0 fully saturated rings. The third kappa shape index (κ3) is 8.78. The maximum Gasteiger partial charge on any atom is 0.328 e. The molecule has 14 heteroatoms.